The van der Waals surface area contributed by atoms with Crippen molar-refractivity contribution < 1.29 is 14.3 Å². The van der Waals surface area contributed by atoms with Crippen LogP contribution in [-0.4, -0.2) is 24.1 Å². The minimum atomic E-state index is -0.0481. The molecule has 1 heterocycles. The molecule has 3 rings (SSSR count). The second-order valence-corrected chi connectivity index (χ2v) is 8.15. The van der Waals surface area contributed by atoms with Crippen LogP contribution in [0.1, 0.15) is 43.7 Å². The summed E-state index contributed by atoms with van der Waals surface area (Å²) in [6, 6.07) is 12.0. The molecule has 0 spiro atoms. The minimum absolute atomic E-state index is 0.0481. The fourth-order valence-corrected chi connectivity index (χ4v) is 3.75. The Morgan fingerprint density at radius 2 is 1.90 bits per heavy atom. The van der Waals surface area contributed by atoms with E-state index in [9.17, 15) is 4.79 Å². The van der Waals surface area contributed by atoms with Gasteiger partial charge in [0.2, 0.25) is 5.91 Å². The molecule has 5 nitrogen and oxygen atoms in total. The normalized spacial score (nSPS) is 10.9. The lowest BCUT2D eigenvalue weighted by molar-refractivity contribution is -0.116. The average Bonchev–Trinajstić information content (AvgIpc) is 3.09. The number of carbonyl (C=O) groups excluding carboxylic acids is 1. The van der Waals surface area contributed by atoms with Crippen LogP contribution in [-0.2, 0) is 4.79 Å². The SMILES string of the molecule is CCCCOc1ccc2nc(NC(=O)CCCOc3cc(C)ccc3C)sc2c1. The molecule has 0 unspecified atom stereocenters. The summed E-state index contributed by atoms with van der Waals surface area (Å²) in [6.07, 6.45) is 3.19. The van der Waals surface area contributed by atoms with Crippen LogP contribution in [0.5, 0.6) is 11.5 Å². The monoisotopic (exact) mass is 412 g/mol. The lowest BCUT2D eigenvalue weighted by Gasteiger charge is -2.09. The minimum Gasteiger partial charge on any atom is -0.494 e. The quantitative estimate of drug-likeness (QED) is 0.422. The second-order valence-electron chi connectivity index (χ2n) is 7.12. The zero-order valence-corrected chi connectivity index (χ0v) is 18.1. The third-order valence-corrected chi connectivity index (χ3v) is 5.46. The Bertz CT molecular complexity index is 968. The summed E-state index contributed by atoms with van der Waals surface area (Å²) in [7, 11) is 0. The van der Waals surface area contributed by atoms with Crippen LogP contribution >= 0.6 is 11.3 Å². The molecule has 1 aromatic heterocycles. The molecule has 1 N–H and O–H groups in total. The molecular formula is C23H28N2O3S. The number of unbranched alkanes of at least 4 members (excludes halogenated alkanes) is 1. The lowest BCUT2D eigenvalue weighted by Crippen LogP contribution is -2.12. The highest BCUT2D eigenvalue weighted by molar-refractivity contribution is 7.22. The molecule has 0 aliphatic heterocycles. The first-order valence-corrected chi connectivity index (χ1v) is 10.9. The van der Waals surface area contributed by atoms with Gasteiger partial charge in [-0.25, -0.2) is 4.98 Å². The highest BCUT2D eigenvalue weighted by atomic mass is 32.1. The number of amides is 1. The first kappa shape index (κ1) is 21.1. The number of hydrogen-bond acceptors (Lipinski definition) is 5. The van der Waals surface area contributed by atoms with Crippen molar-refractivity contribution in [1.29, 1.82) is 0 Å². The van der Waals surface area contributed by atoms with E-state index >= 15 is 0 Å². The summed E-state index contributed by atoms with van der Waals surface area (Å²) < 4.78 is 12.6. The van der Waals surface area contributed by atoms with Gasteiger partial charge in [0.25, 0.3) is 0 Å². The van der Waals surface area contributed by atoms with Crippen LogP contribution in [0.25, 0.3) is 10.2 Å². The summed E-state index contributed by atoms with van der Waals surface area (Å²) in [5, 5.41) is 3.51. The van der Waals surface area contributed by atoms with Gasteiger partial charge in [-0.3, -0.25) is 4.79 Å². The fourth-order valence-electron chi connectivity index (χ4n) is 2.84. The predicted octanol–water partition coefficient (Wildman–Crippen LogP) is 5.89. The number of ether oxygens (including phenoxy) is 2. The second kappa shape index (κ2) is 10.3. The Hall–Kier alpha value is -2.60. The van der Waals surface area contributed by atoms with Crippen molar-refractivity contribution >= 4 is 32.6 Å². The maximum atomic E-state index is 12.2. The van der Waals surface area contributed by atoms with E-state index in [1.165, 1.54) is 11.3 Å². The van der Waals surface area contributed by atoms with E-state index < -0.39 is 0 Å². The predicted molar refractivity (Wildman–Crippen MR) is 119 cm³/mol. The molecule has 0 bridgehead atoms. The van der Waals surface area contributed by atoms with Gasteiger partial charge < -0.3 is 14.8 Å². The molecule has 0 saturated carbocycles. The number of nitrogens with zero attached hydrogens (tertiary/aromatic N) is 1. The topological polar surface area (TPSA) is 60.5 Å². The van der Waals surface area contributed by atoms with E-state index in [4.69, 9.17) is 9.47 Å². The number of carbonyl (C=O) groups is 1. The number of aromatic nitrogens is 1. The van der Waals surface area contributed by atoms with Gasteiger partial charge in [-0.05, 0) is 62.1 Å². The van der Waals surface area contributed by atoms with Crippen molar-refractivity contribution in [2.45, 2.75) is 46.5 Å². The molecule has 0 aliphatic carbocycles. The first-order chi connectivity index (χ1) is 14.0. The third-order valence-electron chi connectivity index (χ3n) is 4.52. The van der Waals surface area contributed by atoms with Gasteiger partial charge in [0.15, 0.2) is 5.13 Å². The van der Waals surface area contributed by atoms with Crippen LogP contribution < -0.4 is 14.8 Å². The fraction of sp³-hybridized carbons (Fsp3) is 0.391. The summed E-state index contributed by atoms with van der Waals surface area (Å²) in [4.78, 5) is 16.7. The number of aryl methyl sites for hydroxylation is 2. The Labute approximate surface area is 176 Å². The molecule has 0 atom stereocenters. The van der Waals surface area contributed by atoms with Crippen molar-refractivity contribution in [3.8, 4) is 11.5 Å². The Morgan fingerprint density at radius 1 is 1.07 bits per heavy atom. The molecule has 3 aromatic rings. The van der Waals surface area contributed by atoms with Crippen LogP contribution in [0.4, 0.5) is 5.13 Å². The Balaban J connectivity index is 1.47. The zero-order chi connectivity index (χ0) is 20.6. The van der Waals surface area contributed by atoms with Gasteiger partial charge in [-0.15, -0.1) is 0 Å². The van der Waals surface area contributed by atoms with Crippen molar-refractivity contribution in [2.24, 2.45) is 0 Å². The highest BCUT2D eigenvalue weighted by Crippen LogP contribution is 2.29. The molecule has 0 fully saturated rings. The summed E-state index contributed by atoms with van der Waals surface area (Å²) >= 11 is 1.46. The van der Waals surface area contributed by atoms with E-state index in [1.807, 2.05) is 44.2 Å². The molecule has 0 radical (unpaired) electrons. The van der Waals surface area contributed by atoms with Crippen LogP contribution in [0.15, 0.2) is 36.4 Å². The van der Waals surface area contributed by atoms with Crippen molar-refractivity contribution in [2.75, 3.05) is 18.5 Å². The van der Waals surface area contributed by atoms with E-state index in [0.717, 1.165) is 45.7 Å². The number of benzene rings is 2. The molecule has 6 heteroatoms. The molecule has 1 amide bonds. The van der Waals surface area contributed by atoms with Gasteiger partial charge in [0.1, 0.15) is 11.5 Å². The number of anilines is 1. The van der Waals surface area contributed by atoms with Crippen molar-refractivity contribution in [3.05, 3.63) is 47.5 Å². The maximum Gasteiger partial charge on any atom is 0.226 e. The van der Waals surface area contributed by atoms with Gasteiger partial charge in [-0.2, -0.15) is 0 Å². The Morgan fingerprint density at radius 3 is 2.72 bits per heavy atom. The Kier molecular flexibility index (Phi) is 7.47. The first-order valence-electron chi connectivity index (χ1n) is 10.1. The van der Waals surface area contributed by atoms with Crippen LogP contribution in [0.2, 0.25) is 0 Å². The summed E-state index contributed by atoms with van der Waals surface area (Å²) in [5.74, 6) is 1.68. The molecule has 2 aromatic carbocycles. The molecule has 0 aliphatic rings. The number of nitrogens with one attached hydrogen (secondary N) is 1. The number of rotatable bonds is 10. The van der Waals surface area contributed by atoms with E-state index in [0.29, 0.717) is 31.2 Å². The number of hydrogen-bond donors (Lipinski definition) is 1. The summed E-state index contributed by atoms with van der Waals surface area (Å²) in [6.45, 7) is 7.43. The van der Waals surface area contributed by atoms with E-state index in [2.05, 4.69) is 23.3 Å². The largest absolute Gasteiger partial charge is 0.494 e. The molecular weight excluding hydrogens is 384 g/mol. The van der Waals surface area contributed by atoms with Gasteiger partial charge in [0, 0.05) is 6.42 Å². The maximum absolute atomic E-state index is 12.2. The van der Waals surface area contributed by atoms with Gasteiger partial charge >= 0.3 is 0 Å². The number of thiazole rings is 1. The summed E-state index contributed by atoms with van der Waals surface area (Å²) in [5.41, 5.74) is 3.14. The average molecular weight is 413 g/mol. The smallest absolute Gasteiger partial charge is 0.226 e. The molecule has 154 valence electrons. The van der Waals surface area contributed by atoms with Crippen LogP contribution in [0, 0.1) is 13.8 Å². The van der Waals surface area contributed by atoms with Crippen LogP contribution in [0.3, 0.4) is 0 Å². The zero-order valence-electron chi connectivity index (χ0n) is 17.3. The standard InChI is InChI=1S/C23H28N2O3S/c1-4-5-12-27-18-10-11-19-21(15-18)29-23(24-19)25-22(26)7-6-13-28-20-14-16(2)8-9-17(20)3/h8-11,14-15H,4-7,12-13H2,1-3H3,(H,24,25,26). The van der Waals surface area contributed by atoms with Crippen molar-refractivity contribution in [3.63, 3.8) is 0 Å². The highest BCUT2D eigenvalue weighted by Gasteiger charge is 2.09. The lowest BCUT2D eigenvalue weighted by atomic mass is 10.1. The van der Waals surface area contributed by atoms with Crippen molar-refractivity contribution in [1.82, 2.24) is 4.98 Å². The molecule has 0 saturated heterocycles. The van der Waals surface area contributed by atoms with Gasteiger partial charge in [0.05, 0.1) is 23.4 Å². The van der Waals surface area contributed by atoms with E-state index in [-0.39, 0.29) is 5.91 Å². The van der Waals surface area contributed by atoms with Gasteiger partial charge in [-0.1, -0.05) is 36.8 Å². The number of fused-ring (bicyclic) bond motifs is 1. The molecule has 29 heavy (non-hydrogen) atoms. The third kappa shape index (κ3) is 6.19. The van der Waals surface area contributed by atoms with E-state index in [1.54, 1.807) is 0 Å².